The van der Waals surface area contributed by atoms with Gasteiger partial charge in [-0.1, -0.05) is 6.92 Å². The highest BCUT2D eigenvalue weighted by atomic mass is 16.2. The number of hydrogen-bond donors (Lipinski definition) is 2. The summed E-state index contributed by atoms with van der Waals surface area (Å²) in [5.74, 6) is 0.0894. The fourth-order valence-electron chi connectivity index (χ4n) is 1.57. The van der Waals surface area contributed by atoms with Gasteiger partial charge in [-0.2, -0.15) is 0 Å². The number of hydrogen-bond acceptors (Lipinski definition) is 3. The van der Waals surface area contributed by atoms with Gasteiger partial charge in [-0.25, -0.2) is 0 Å². The van der Waals surface area contributed by atoms with Crippen LogP contribution in [0.1, 0.15) is 53.4 Å². The van der Waals surface area contributed by atoms with Gasteiger partial charge in [0.25, 0.3) is 0 Å². The molecule has 0 bridgehead atoms. The van der Waals surface area contributed by atoms with Gasteiger partial charge < -0.3 is 10.4 Å². The van der Waals surface area contributed by atoms with Crippen molar-refractivity contribution in [2.75, 3.05) is 20.2 Å². The fraction of sp³-hybridized carbons (Fsp3) is 0.929. The maximum absolute atomic E-state index is 12.1. The maximum atomic E-state index is 12.1. The van der Waals surface area contributed by atoms with Crippen LogP contribution in [0.25, 0.3) is 0 Å². The first-order chi connectivity index (χ1) is 8.34. The van der Waals surface area contributed by atoms with Crippen molar-refractivity contribution < 1.29 is 9.90 Å². The number of carbonyl (C=O) groups excluding carboxylic acids is 1. The third kappa shape index (κ3) is 6.97. The van der Waals surface area contributed by atoms with Crippen LogP contribution in [0.3, 0.4) is 0 Å². The highest BCUT2D eigenvalue weighted by Gasteiger charge is 2.23. The van der Waals surface area contributed by atoms with E-state index in [1.807, 2.05) is 27.8 Å². The summed E-state index contributed by atoms with van der Waals surface area (Å²) < 4.78 is 0. The standard InChI is InChI=1S/C14H30N2O2/c1-6-14(3,4)15-13(18)12(2)16(5)10-8-7-9-11-17/h12,17H,6-11H2,1-5H3,(H,15,18). The second kappa shape index (κ2) is 8.48. The molecule has 0 aliphatic carbocycles. The quantitative estimate of drug-likeness (QED) is 0.620. The number of amides is 1. The third-order valence-electron chi connectivity index (χ3n) is 3.56. The first-order valence-electron chi connectivity index (χ1n) is 6.97. The van der Waals surface area contributed by atoms with Gasteiger partial charge in [-0.3, -0.25) is 9.69 Å². The molecular weight excluding hydrogens is 228 g/mol. The van der Waals surface area contributed by atoms with Gasteiger partial charge in [-0.15, -0.1) is 0 Å². The molecule has 18 heavy (non-hydrogen) atoms. The van der Waals surface area contributed by atoms with E-state index in [9.17, 15) is 4.79 Å². The van der Waals surface area contributed by atoms with Crippen LogP contribution >= 0.6 is 0 Å². The van der Waals surface area contributed by atoms with Gasteiger partial charge in [0.1, 0.15) is 0 Å². The second-order valence-electron chi connectivity index (χ2n) is 5.67. The zero-order valence-corrected chi connectivity index (χ0v) is 12.6. The van der Waals surface area contributed by atoms with Crippen molar-refractivity contribution in [2.24, 2.45) is 0 Å². The largest absolute Gasteiger partial charge is 0.396 e. The molecule has 108 valence electrons. The zero-order valence-electron chi connectivity index (χ0n) is 12.6. The minimum Gasteiger partial charge on any atom is -0.396 e. The van der Waals surface area contributed by atoms with Crippen molar-refractivity contribution in [3.05, 3.63) is 0 Å². The Kier molecular flexibility index (Phi) is 8.20. The lowest BCUT2D eigenvalue weighted by molar-refractivity contribution is -0.127. The normalized spacial score (nSPS) is 13.7. The first-order valence-corrected chi connectivity index (χ1v) is 6.97. The molecule has 0 saturated carbocycles. The van der Waals surface area contributed by atoms with Crippen molar-refractivity contribution in [3.63, 3.8) is 0 Å². The Morgan fingerprint density at radius 3 is 2.44 bits per heavy atom. The number of rotatable bonds is 9. The molecule has 0 rings (SSSR count). The van der Waals surface area contributed by atoms with Crippen LogP contribution in [0.5, 0.6) is 0 Å². The number of likely N-dealkylation sites (N-methyl/N-ethyl adjacent to an activating group) is 1. The van der Waals surface area contributed by atoms with E-state index in [-0.39, 0.29) is 24.1 Å². The number of nitrogens with zero attached hydrogens (tertiary/aromatic N) is 1. The Balaban J connectivity index is 4.04. The maximum Gasteiger partial charge on any atom is 0.237 e. The average Bonchev–Trinajstić information content (AvgIpc) is 2.32. The summed E-state index contributed by atoms with van der Waals surface area (Å²) in [7, 11) is 1.97. The van der Waals surface area contributed by atoms with Crippen molar-refractivity contribution in [2.45, 2.75) is 65.0 Å². The minimum atomic E-state index is -0.136. The van der Waals surface area contributed by atoms with Crippen molar-refractivity contribution in [1.82, 2.24) is 10.2 Å². The number of unbranched alkanes of at least 4 members (excludes halogenated alkanes) is 2. The number of carbonyl (C=O) groups is 1. The molecule has 0 radical (unpaired) electrons. The molecular formula is C14H30N2O2. The molecule has 1 amide bonds. The predicted octanol–water partition coefficient (Wildman–Crippen LogP) is 1.77. The van der Waals surface area contributed by atoms with Crippen LogP contribution in [-0.2, 0) is 4.79 Å². The SMILES string of the molecule is CCC(C)(C)NC(=O)C(C)N(C)CCCCCO. The molecule has 0 aliphatic heterocycles. The summed E-state index contributed by atoms with van der Waals surface area (Å²) in [6.45, 7) is 9.24. The summed E-state index contributed by atoms with van der Waals surface area (Å²) in [6.07, 6.45) is 3.80. The van der Waals surface area contributed by atoms with Crippen molar-refractivity contribution >= 4 is 5.91 Å². The third-order valence-corrected chi connectivity index (χ3v) is 3.56. The topological polar surface area (TPSA) is 52.6 Å². The van der Waals surface area contributed by atoms with E-state index >= 15 is 0 Å². The smallest absolute Gasteiger partial charge is 0.237 e. The summed E-state index contributed by atoms with van der Waals surface area (Å²) in [5, 5.41) is 11.8. The molecule has 0 aromatic heterocycles. The molecule has 2 N–H and O–H groups in total. The summed E-state index contributed by atoms with van der Waals surface area (Å²) in [4.78, 5) is 14.1. The van der Waals surface area contributed by atoms with Crippen LogP contribution < -0.4 is 5.32 Å². The Morgan fingerprint density at radius 2 is 1.94 bits per heavy atom. The van der Waals surface area contributed by atoms with Gasteiger partial charge in [0.2, 0.25) is 5.91 Å². The van der Waals surface area contributed by atoms with Gasteiger partial charge in [0.15, 0.2) is 0 Å². The molecule has 0 fully saturated rings. The lowest BCUT2D eigenvalue weighted by Gasteiger charge is -2.30. The van der Waals surface area contributed by atoms with Crippen LogP contribution in [0.4, 0.5) is 0 Å². The van der Waals surface area contributed by atoms with Crippen LogP contribution in [0, 0.1) is 0 Å². The predicted molar refractivity (Wildman–Crippen MR) is 75.5 cm³/mol. The lowest BCUT2D eigenvalue weighted by atomic mass is 10.0. The number of aliphatic hydroxyl groups is 1. The van der Waals surface area contributed by atoms with E-state index in [1.165, 1.54) is 0 Å². The molecule has 0 spiro atoms. The molecule has 0 aromatic carbocycles. The molecule has 4 heteroatoms. The Morgan fingerprint density at radius 1 is 1.33 bits per heavy atom. The fourth-order valence-corrected chi connectivity index (χ4v) is 1.57. The minimum absolute atomic E-state index is 0.0894. The van der Waals surface area contributed by atoms with Gasteiger partial charge in [0.05, 0.1) is 6.04 Å². The molecule has 0 aliphatic rings. The van der Waals surface area contributed by atoms with Crippen LogP contribution in [0.15, 0.2) is 0 Å². The monoisotopic (exact) mass is 258 g/mol. The second-order valence-corrected chi connectivity index (χ2v) is 5.67. The summed E-state index contributed by atoms with van der Waals surface area (Å²) >= 11 is 0. The molecule has 0 saturated heterocycles. The van der Waals surface area contributed by atoms with Gasteiger partial charge in [-0.05, 0) is 60.0 Å². The first kappa shape index (κ1) is 17.4. The Hall–Kier alpha value is -0.610. The van der Waals surface area contributed by atoms with Crippen molar-refractivity contribution in [1.29, 1.82) is 0 Å². The van der Waals surface area contributed by atoms with Gasteiger partial charge >= 0.3 is 0 Å². The van der Waals surface area contributed by atoms with Crippen LogP contribution in [-0.4, -0.2) is 47.7 Å². The average molecular weight is 258 g/mol. The van der Waals surface area contributed by atoms with E-state index in [4.69, 9.17) is 5.11 Å². The van der Waals surface area contributed by atoms with E-state index < -0.39 is 0 Å². The van der Waals surface area contributed by atoms with E-state index in [2.05, 4.69) is 17.1 Å². The highest BCUT2D eigenvalue weighted by molar-refractivity contribution is 5.81. The lowest BCUT2D eigenvalue weighted by Crippen LogP contribution is -2.51. The Bertz CT molecular complexity index is 242. The molecule has 0 aromatic rings. The summed E-state index contributed by atoms with van der Waals surface area (Å²) in [5.41, 5.74) is -0.136. The van der Waals surface area contributed by atoms with Crippen molar-refractivity contribution in [3.8, 4) is 0 Å². The number of aliphatic hydroxyl groups excluding tert-OH is 1. The van der Waals surface area contributed by atoms with Crippen LogP contribution in [0.2, 0.25) is 0 Å². The highest BCUT2D eigenvalue weighted by Crippen LogP contribution is 2.09. The number of nitrogens with one attached hydrogen (secondary N) is 1. The Labute approximate surface area is 112 Å². The summed E-state index contributed by atoms with van der Waals surface area (Å²) in [6, 6.07) is -0.107. The zero-order chi connectivity index (χ0) is 14.2. The molecule has 0 heterocycles. The molecule has 1 unspecified atom stereocenters. The van der Waals surface area contributed by atoms with E-state index in [0.717, 1.165) is 32.2 Å². The van der Waals surface area contributed by atoms with E-state index in [0.29, 0.717) is 0 Å². The molecule has 4 nitrogen and oxygen atoms in total. The van der Waals surface area contributed by atoms with Gasteiger partial charge in [0, 0.05) is 12.1 Å². The molecule has 1 atom stereocenters. The van der Waals surface area contributed by atoms with E-state index in [1.54, 1.807) is 0 Å².